The van der Waals surface area contributed by atoms with Crippen LogP contribution < -0.4 is 9.64 Å². The number of anilines is 1. The zero-order valence-corrected chi connectivity index (χ0v) is 17.4. The first-order valence-electron chi connectivity index (χ1n) is 9.86. The molecule has 29 heavy (non-hydrogen) atoms. The number of aromatic nitrogens is 2. The first-order chi connectivity index (χ1) is 14.3. The lowest BCUT2D eigenvalue weighted by Gasteiger charge is -2.36. The molecule has 0 bridgehead atoms. The average Bonchev–Trinajstić information content (AvgIpc) is 3.42. The minimum Gasteiger partial charge on any atom is -0.495 e. The Morgan fingerprint density at radius 1 is 1.14 bits per heavy atom. The lowest BCUT2D eigenvalue weighted by atomic mass is 10.1. The van der Waals surface area contributed by atoms with Gasteiger partial charge in [0.05, 0.1) is 35.6 Å². The Hall–Kier alpha value is -2.82. The molecule has 1 aliphatic heterocycles. The lowest BCUT2D eigenvalue weighted by molar-refractivity contribution is 0.260. The summed E-state index contributed by atoms with van der Waals surface area (Å²) < 4.78 is 7.34. The third-order valence-corrected chi connectivity index (χ3v) is 6.26. The molecule has 0 amide bonds. The summed E-state index contributed by atoms with van der Waals surface area (Å²) in [7, 11) is 1.73. The Balaban J connectivity index is 1.38. The fraction of sp³-hybridized carbons (Fsp3) is 0.364. The molecule has 1 saturated heterocycles. The normalized spacial score (nSPS) is 14.7. The highest BCUT2D eigenvalue weighted by Crippen LogP contribution is 2.30. The zero-order valence-electron chi connectivity index (χ0n) is 16.6. The monoisotopic (exact) mass is 407 g/mol. The molecule has 4 rings (SSSR count). The average molecular weight is 408 g/mol. The third kappa shape index (κ3) is 4.29. The van der Waals surface area contributed by atoms with E-state index < -0.39 is 0 Å². The van der Waals surface area contributed by atoms with E-state index in [0.29, 0.717) is 0 Å². The Bertz CT molecular complexity index is 968. The molecule has 1 aromatic carbocycles. The SMILES string of the molecule is COc1ccccc1N1CCN(CCc2cnn(CC#N)c2-c2cccs2)CC1. The molecule has 0 saturated carbocycles. The van der Waals surface area contributed by atoms with E-state index in [1.807, 2.05) is 29.1 Å². The van der Waals surface area contributed by atoms with Crippen LogP contribution in [0.5, 0.6) is 5.75 Å². The number of benzene rings is 1. The van der Waals surface area contributed by atoms with Crippen LogP contribution in [0.2, 0.25) is 0 Å². The summed E-state index contributed by atoms with van der Waals surface area (Å²) in [6.45, 7) is 5.32. The van der Waals surface area contributed by atoms with Crippen molar-refractivity contribution in [2.75, 3.05) is 44.7 Å². The highest BCUT2D eigenvalue weighted by Gasteiger charge is 2.20. The second kappa shape index (κ2) is 9.12. The number of thiophene rings is 1. The van der Waals surface area contributed by atoms with Crippen molar-refractivity contribution in [1.82, 2.24) is 14.7 Å². The summed E-state index contributed by atoms with van der Waals surface area (Å²) in [5, 5.41) is 15.6. The van der Waals surface area contributed by atoms with Gasteiger partial charge in [-0.25, -0.2) is 4.68 Å². The van der Waals surface area contributed by atoms with Crippen molar-refractivity contribution in [2.45, 2.75) is 13.0 Å². The van der Waals surface area contributed by atoms with Crippen LogP contribution in [0.1, 0.15) is 5.56 Å². The van der Waals surface area contributed by atoms with Gasteiger partial charge in [0.25, 0.3) is 0 Å². The van der Waals surface area contributed by atoms with Gasteiger partial charge in [-0.1, -0.05) is 18.2 Å². The van der Waals surface area contributed by atoms with Gasteiger partial charge in [-0.2, -0.15) is 10.4 Å². The maximum atomic E-state index is 9.11. The van der Waals surface area contributed by atoms with Crippen molar-refractivity contribution in [2.24, 2.45) is 0 Å². The van der Waals surface area contributed by atoms with Crippen LogP contribution in [0, 0.1) is 11.3 Å². The standard InChI is InChI=1S/C22H25N5OS/c1-28-20-6-3-2-5-19(20)26-14-12-25(13-15-26)10-8-18-17-24-27(11-9-23)22(18)21-7-4-16-29-21/h2-7,16-17H,8,10-15H2,1H3. The number of methoxy groups -OCH3 is 1. The van der Waals surface area contributed by atoms with Gasteiger partial charge in [0.1, 0.15) is 12.3 Å². The van der Waals surface area contributed by atoms with Gasteiger partial charge in [-0.3, -0.25) is 4.90 Å². The molecule has 0 atom stereocenters. The summed E-state index contributed by atoms with van der Waals surface area (Å²) in [6.07, 6.45) is 2.87. The molecule has 3 heterocycles. The quantitative estimate of drug-likeness (QED) is 0.600. The largest absolute Gasteiger partial charge is 0.495 e. The van der Waals surface area contributed by atoms with Crippen molar-refractivity contribution in [3.63, 3.8) is 0 Å². The number of nitriles is 1. The highest BCUT2D eigenvalue weighted by atomic mass is 32.1. The maximum absolute atomic E-state index is 9.11. The van der Waals surface area contributed by atoms with E-state index in [9.17, 15) is 0 Å². The molecule has 7 heteroatoms. The number of nitrogens with zero attached hydrogens (tertiary/aromatic N) is 5. The summed E-state index contributed by atoms with van der Waals surface area (Å²) in [4.78, 5) is 6.08. The molecule has 0 N–H and O–H groups in total. The van der Waals surface area contributed by atoms with Crippen LogP contribution in [-0.2, 0) is 13.0 Å². The molecule has 0 spiro atoms. The van der Waals surface area contributed by atoms with Crippen LogP contribution in [0.15, 0.2) is 48.0 Å². The van der Waals surface area contributed by atoms with Gasteiger partial charge in [0, 0.05) is 38.3 Å². The minimum atomic E-state index is 0.283. The first kappa shape index (κ1) is 19.5. The Morgan fingerprint density at radius 3 is 2.69 bits per heavy atom. The smallest absolute Gasteiger partial charge is 0.142 e. The summed E-state index contributed by atoms with van der Waals surface area (Å²) >= 11 is 1.70. The van der Waals surface area contributed by atoms with Crippen molar-refractivity contribution in [3.05, 3.63) is 53.5 Å². The number of piperazine rings is 1. The predicted molar refractivity (Wildman–Crippen MR) is 117 cm³/mol. The minimum absolute atomic E-state index is 0.283. The second-order valence-corrected chi connectivity index (χ2v) is 8.01. The van der Waals surface area contributed by atoms with Crippen LogP contribution in [-0.4, -0.2) is 54.5 Å². The number of rotatable bonds is 7. The summed E-state index contributed by atoms with van der Waals surface area (Å²) in [5.74, 6) is 0.937. The molecule has 0 aliphatic carbocycles. The van der Waals surface area contributed by atoms with Crippen molar-refractivity contribution in [1.29, 1.82) is 5.26 Å². The number of hydrogen-bond donors (Lipinski definition) is 0. The zero-order chi connectivity index (χ0) is 20.1. The van der Waals surface area contributed by atoms with Crippen LogP contribution >= 0.6 is 11.3 Å². The summed E-state index contributed by atoms with van der Waals surface area (Å²) in [6, 6.07) is 14.6. The van der Waals surface area contributed by atoms with Crippen LogP contribution in [0.4, 0.5) is 5.69 Å². The molecule has 1 aliphatic rings. The third-order valence-electron chi connectivity index (χ3n) is 5.39. The van der Waals surface area contributed by atoms with Crippen LogP contribution in [0.3, 0.4) is 0 Å². The number of para-hydroxylation sites is 2. The Kier molecular flexibility index (Phi) is 6.13. The Morgan fingerprint density at radius 2 is 1.97 bits per heavy atom. The van der Waals surface area contributed by atoms with Gasteiger partial charge in [0.15, 0.2) is 0 Å². The topological polar surface area (TPSA) is 57.3 Å². The first-order valence-corrected chi connectivity index (χ1v) is 10.7. The van der Waals surface area contributed by atoms with Gasteiger partial charge < -0.3 is 9.64 Å². The van der Waals surface area contributed by atoms with Crippen molar-refractivity contribution in [3.8, 4) is 22.4 Å². The van der Waals surface area contributed by atoms with E-state index in [-0.39, 0.29) is 6.54 Å². The Labute approximate surface area is 175 Å². The van der Waals surface area contributed by atoms with E-state index in [2.05, 4.69) is 44.5 Å². The molecule has 1 fully saturated rings. The maximum Gasteiger partial charge on any atom is 0.142 e. The number of ether oxygens (including phenoxy) is 1. The molecule has 150 valence electrons. The molecular formula is C22H25N5OS. The molecule has 3 aromatic rings. The molecule has 2 aromatic heterocycles. The van der Waals surface area contributed by atoms with Crippen LogP contribution in [0.25, 0.3) is 10.6 Å². The predicted octanol–water partition coefficient (Wildman–Crippen LogP) is 3.51. The highest BCUT2D eigenvalue weighted by molar-refractivity contribution is 7.13. The molecule has 6 nitrogen and oxygen atoms in total. The van der Waals surface area contributed by atoms with Gasteiger partial charge in [-0.15, -0.1) is 11.3 Å². The second-order valence-electron chi connectivity index (χ2n) is 7.06. The van der Waals surface area contributed by atoms with Gasteiger partial charge in [-0.05, 0) is 30.0 Å². The lowest BCUT2D eigenvalue weighted by Crippen LogP contribution is -2.47. The molecule has 0 radical (unpaired) electrons. The fourth-order valence-corrected chi connectivity index (χ4v) is 4.68. The van der Waals surface area contributed by atoms with E-state index in [1.54, 1.807) is 18.4 Å². The van der Waals surface area contributed by atoms with Crippen molar-refractivity contribution >= 4 is 17.0 Å². The van der Waals surface area contributed by atoms with Gasteiger partial charge in [0.2, 0.25) is 0 Å². The van der Waals surface area contributed by atoms with Crippen molar-refractivity contribution < 1.29 is 4.74 Å². The molecule has 0 unspecified atom stereocenters. The van der Waals surface area contributed by atoms with E-state index in [1.165, 1.54) is 16.1 Å². The fourth-order valence-electron chi connectivity index (χ4n) is 3.87. The summed E-state index contributed by atoms with van der Waals surface area (Å²) in [5.41, 5.74) is 3.48. The number of hydrogen-bond acceptors (Lipinski definition) is 6. The van der Waals surface area contributed by atoms with E-state index in [4.69, 9.17) is 10.00 Å². The van der Waals surface area contributed by atoms with Gasteiger partial charge >= 0.3 is 0 Å². The van der Waals surface area contributed by atoms with E-state index >= 15 is 0 Å². The van der Waals surface area contributed by atoms with E-state index in [0.717, 1.165) is 50.6 Å². The molecular weight excluding hydrogens is 382 g/mol.